The Kier molecular flexibility index (Phi) is 6.63. The highest BCUT2D eigenvalue weighted by Gasteiger charge is 2.03. The lowest BCUT2D eigenvalue weighted by molar-refractivity contribution is 0.448. The molecule has 0 aromatic rings. The highest BCUT2D eigenvalue weighted by molar-refractivity contribution is 8.16. The zero-order valence-corrected chi connectivity index (χ0v) is 9.74. The van der Waals surface area contributed by atoms with Gasteiger partial charge in [-0.05, 0) is 24.5 Å². The molecule has 1 nitrogen and oxygen atoms in total. The van der Waals surface area contributed by atoms with E-state index in [0.717, 1.165) is 18.4 Å². The van der Waals surface area contributed by atoms with E-state index in [1.807, 2.05) is 0 Å². The van der Waals surface area contributed by atoms with E-state index in [4.69, 9.17) is 0 Å². The predicted molar refractivity (Wildman–Crippen MR) is 63.0 cm³/mol. The molecule has 0 radical (unpaired) electrons. The molecule has 0 aromatic heterocycles. The van der Waals surface area contributed by atoms with Crippen molar-refractivity contribution in [1.82, 2.24) is 0 Å². The van der Waals surface area contributed by atoms with Crippen LogP contribution >= 0.6 is 11.8 Å². The van der Waals surface area contributed by atoms with Crippen LogP contribution in [0.2, 0.25) is 0 Å². The lowest BCUT2D eigenvalue weighted by Gasteiger charge is -2.11. The third-order valence-electron chi connectivity index (χ3n) is 1.79. The van der Waals surface area contributed by atoms with Gasteiger partial charge in [-0.25, -0.2) is 0 Å². The van der Waals surface area contributed by atoms with Crippen LogP contribution in [0.3, 0.4) is 0 Å². The standard InChI is InChI=1S/C9H20BNS/c1-7(2)5-8(3)6-11-9(10)12-4/h7-8H,5-6,10H2,1-4H3/b11-9-. The van der Waals surface area contributed by atoms with Gasteiger partial charge in [-0.1, -0.05) is 20.8 Å². The first-order valence-corrected chi connectivity index (χ1v) is 5.83. The molecule has 0 fully saturated rings. The molecule has 0 aliphatic heterocycles. The van der Waals surface area contributed by atoms with Crippen LogP contribution in [0, 0.1) is 11.8 Å². The van der Waals surface area contributed by atoms with Gasteiger partial charge >= 0.3 is 0 Å². The van der Waals surface area contributed by atoms with Gasteiger partial charge in [0, 0.05) is 11.5 Å². The van der Waals surface area contributed by atoms with Crippen molar-refractivity contribution in [2.75, 3.05) is 12.8 Å². The summed E-state index contributed by atoms with van der Waals surface area (Å²) in [6, 6.07) is 0. The van der Waals surface area contributed by atoms with Crippen molar-refractivity contribution in [3.63, 3.8) is 0 Å². The van der Waals surface area contributed by atoms with Gasteiger partial charge in [0.05, 0.1) is 0 Å². The summed E-state index contributed by atoms with van der Waals surface area (Å²) < 4.78 is 0. The van der Waals surface area contributed by atoms with Crippen LogP contribution in [0.25, 0.3) is 0 Å². The fraction of sp³-hybridized carbons (Fsp3) is 0.889. The van der Waals surface area contributed by atoms with Crippen LogP contribution in [0.15, 0.2) is 4.99 Å². The summed E-state index contributed by atoms with van der Waals surface area (Å²) in [6.45, 7) is 7.80. The summed E-state index contributed by atoms with van der Waals surface area (Å²) in [5.41, 5.74) is 0. The number of hydrogen-bond donors (Lipinski definition) is 0. The molecule has 0 amide bonds. The topological polar surface area (TPSA) is 12.4 Å². The third kappa shape index (κ3) is 6.77. The fourth-order valence-electron chi connectivity index (χ4n) is 1.23. The molecule has 1 unspecified atom stereocenters. The Morgan fingerprint density at radius 2 is 2.00 bits per heavy atom. The van der Waals surface area contributed by atoms with Crippen LogP contribution in [0.5, 0.6) is 0 Å². The molecular weight excluding hydrogens is 165 g/mol. The average molecular weight is 185 g/mol. The summed E-state index contributed by atoms with van der Waals surface area (Å²) in [5, 5.41) is 0. The Morgan fingerprint density at radius 1 is 1.42 bits per heavy atom. The summed E-state index contributed by atoms with van der Waals surface area (Å²) in [6.07, 6.45) is 3.36. The van der Waals surface area contributed by atoms with Gasteiger partial charge < -0.3 is 0 Å². The number of rotatable bonds is 4. The second-order valence-corrected chi connectivity index (χ2v) is 4.80. The molecular formula is C9H20BNS. The maximum absolute atomic E-state index is 4.48. The number of hydrogen-bond acceptors (Lipinski definition) is 2. The van der Waals surface area contributed by atoms with Crippen LogP contribution in [0.4, 0.5) is 0 Å². The van der Waals surface area contributed by atoms with Crippen molar-refractivity contribution < 1.29 is 0 Å². The molecule has 12 heavy (non-hydrogen) atoms. The molecule has 0 N–H and O–H groups in total. The number of aliphatic imine (C=N–C) groups is 1. The quantitative estimate of drug-likeness (QED) is 0.371. The molecule has 3 heteroatoms. The average Bonchev–Trinajstić information content (AvgIpc) is 1.99. The Labute approximate surface area is 81.8 Å². The van der Waals surface area contributed by atoms with E-state index in [0.29, 0.717) is 0 Å². The highest BCUT2D eigenvalue weighted by atomic mass is 32.2. The van der Waals surface area contributed by atoms with Gasteiger partial charge in [0.15, 0.2) is 7.85 Å². The monoisotopic (exact) mass is 185 g/mol. The fourth-order valence-corrected chi connectivity index (χ4v) is 1.43. The van der Waals surface area contributed by atoms with Crippen molar-refractivity contribution in [3.05, 3.63) is 0 Å². The first-order chi connectivity index (χ1) is 5.56. The van der Waals surface area contributed by atoms with Gasteiger partial charge in [-0.2, -0.15) is 0 Å². The van der Waals surface area contributed by atoms with Gasteiger partial charge in [-0.3, -0.25) is 4.99 Å². The molecule has 0 heterocycles. The SMILES string of the molecule is B/C(=N/CC(C)CC(C)C)SC. The van der Waals surface area contributed by atoms with Crippen LogP contribution < -0.4 is 0 Å². The summed E-state index contributed by atoms with van der Waals surface area (Å²) >= 11 is 1.74. The Morgan fingerprint density at radius 3 is 2.42 bits per heavy atom. The molecule has 0 bridgehead atoms. The van der Waals surface area contributed by atoms with Crippen molar-refractivity contribution >= 4 is 24.6 Å². The highest BCUT2D eigenvalue weighted by Crippen LogP contribution is 2.11. The molecule has 0 rings (SSSR count). The molecule has 70 valence electrons. The smallest absolute Gasteiger partial charge is 0.171 e. The Bertz CT molecular complexity index is 145. The minimum Gasteiger partial charge on any atom is -0.294 e. The van der Waals surface area contributed by atoms with Gasteiger partial charge in [0.2, 0.25) is 0 Å². The van der Waals surface area contributed by atoms with Crippen LogP contribution in [-0.2, 0) is 0 Å². The Hall–Kier alpha value is 0.0849. The molecule has 0 aliphatic carbocycles. The zero-order valence-electron chi connectivity index (χ0n) is 8.92. The van der Waals surface area contributed by atoms with Gasteiger partial charge in [0.25, 0.3) is 0 Å². The lowest BCUT2D eigenvalue weighted by Crippen LogP contribution is -2.05. The number of nitrogens with zero attached hydrogens (tertiary/aromatic N) is 1. The van der Waals surface area contributed by atoms with Crippen molar-refractivity contribution in [2.24, 2.45) is 16.8 Å². The van der Waals surface area contributed by atoms with Gasteiger partial charge in [-0.15, -0.1) is 11.8 Å². The second-order valence-electron chi connectivity index (χ2n) is 3.80. The first-order valence-electron chi connectivity index (χ1n) is 4.61. The minimum atomic E-state index is 0.729. The maximum Gasteiger partial charge on any atom is 0.171 e. The van der Waals surface area contributed by atoms with Crippen molar-refractivity contribution in [2.45, 2.75) is 27.2 Å². The van der Waals surface area contributed by atoms with Crippen LogP contribution in [0.1, 0.15) is 27.2 Å². The molecule has 1 atom stereocenters. The maximum atomic E-state index is 4.48. The van der Waals surface area contributed by atoms with E-state index < -0.39 is 0 Å². The largest absolute Gasteiger partial charge is 0.294 e. The normalized spacial score (nSPS) is 15.2. The van der Waals surface area contributed by atoms with E-state index in [1.54, 1.807) is 11.8 Å². The molecule has 0 spiro atoms. The Balaban J connectivity index is 3.62. The van der Waals surface area contributed by atoms with Gasteiger partial charge in [0.1, 0.15) is 0 Å². The summed E-state index contributed by atoms with van der Waals surface area (Å²) in [5.74, 6) is 1.52. The van der Waals surface area contributed by atoms with E-state index >= 15 is 0 Å². The number of thioether (sulfide) groups is 1. The molecule has 0 saturated heterocycles. The second kappa shape index (κ2) is 6.58. The lowest BCUT2D eigenvalue weighted by atomic mass is 9.99. The first kappa shape index (κ1) is 12.1. The van der Waals surface area contributed by atoms with Crippen LogP contribution in [-0.4, -0.2) is 25.6 Å². The minimum absolute atomic E-state index is 0.729. The summed E-state index contributed by atoms with van der Waals surface area (Å²) in [4.78, 5) is 5.67. The molecule has 0 aliphatic rings. The van der Waals surface area contributed by atoms with E-state index in [1.165, 1.54) is 11.4 Å². The van der Waals surface area contributed by atoms with Crippen molar-refractivity contribution in [1.29, 1.82) is 0 Å². The van der Waals surface area contributed by atoms with E-state index in [-0.39, 0.29) is 0 Å². The summed E-state index contributed by atoms with van der Waals surface area (Å²) in [7, 11) is 2.08. The molecule has 0 saturated carbocycles. The third-order valence-corrected chi connectivity index (χ3v) is 2.51. The van der Waals surface area contributed by atoms with E-state index in [2.05, 4.69) is 39.9 Å². The van der Waals surface area contributed by atoms with E-state index in [9.17, 15) is 0 Å². The zero-order chi connectivity index (χ0) is 9.56. The molecule has 0 aromatic carbocycles. The predicted octanol–water partition coefficient (Wildman–Crippen LogP) is 2.02. The van der Waals surface area contributed by atoms with Crippen molar-refractivity contribution in [3.8, 4) is 0 Å².